The van der Waals surface area contributed by atoms with Gasteiger partial charge in [0.25, 0.3) is 0 Å². The number of benzene rings is 2. The minimum atomic E-state index is -0.414. The Morgan fingerprint density at radius 1 is 0.895 bits per heavy atom. The molecule has 0 atom stereocenters. The van der Waals surface area contributed by atoms with Gasteiger partial charge in [0.2, 0.25) is 5.90 Å². The molecule has 0 radical (unpaired) electrons. The Morgan fingerprint density at radius 3 is 2.21 bits per heavy atom. The third-order valence-corrected chi connectivity index (χ3v) is 2.74. The third-order valence-electron chi connectivity index (χ3n) is 2.74. The second-order valence-corrected chi connectivity index (χ2v) is 4.11. The normalized spacial score (nSPS) is 16.3. The van der Waals surface area contributed by atoms with Gasteiger partial charge in [-0.25, -0.2) is 9.79 Å². The van der Waals surface area contributed by atoms with E-state index in [1.165, 1.54) is 0 Å². The Hall–Kier alpha value is -2.68. The molecule has 0 N–H and O–H groups in total. The van der Waals surface area contributed by atoms with Gasteiger partial charge >= 0.3 is 5.97 Å². The highest BCUT2D eigenvalue weighted by Crippen LogP contribution is 2.18. The van der Waals surface area contributed by atoms with Crippen molar-refractivity contribution in [2.75, 3.05) is 0 Å². The number of carbonyl (C=O) groups excluding carboxylic acids is 1. The van der Waals surface area contributed by atoms with E-state index in [9.17, 15) is 4.79 Å². The molecule has 3 heteroatoms. The number of carbonyl (C=O) groups is 1. The van der Waals surface area contributed by atoms with E-state index in [2.05, 4.69) is 4.99 Å². The van der Waals surface area contributed by atoms with Gasteiger partial charge in [-0.05, 0) is 23.8 Å². The van der Waals surface area contributed by atoms with Gasteiger partial charge in [-0.1, -0.05) is 48.5 Å². The molecule has 1 heterocycles. The zero-order valence-electron chi connectivity index (χ0n) is 10.1. The van der Waals surface area contributed by atoms with Crippen LogP contribution in [0.2, 0.25) is 0 Å². The van der Waals surface area contributed by atoms with Gasteiger partial charge in [0, 0.05) is 5.56 Å². The van der Waals surface area contributed by atoms with Crippen LogP contribution in [0, 0.1) is 0 Å². The van der Waals surface area contributed by atoms with Crippen molar-refractivity contribution in [3.8, 4) is 0 Å². The molecule has 3 nitrogen and oxygen atoms in total. The molecule has 0 bridgehead atoms. The number of aliphatic imine (C=N–C) groups is 1. The molecule has 0 saturated carbocycles. The fourth-order valence-electron chi connectivity index (χ4n) is 1.82. The highest BCUT2D eigenvalue weighted by Gasteiger charge is 2.23. The van der Waals surface area contributed by atoms with Crippen molar-refractivity contribution in [2.45, 2.75) is 0 Å². The summed E-state index contributed by atoms with van der Waals surface area (Å²) in [5.41, 5.74) is 2.05. The first kappa shape index (κ1) is 11.4. The molecule has 92 valence electrons. The highest BCUT2D eigenvalue weighted by atomic mass is 16.6. The van der Waals surface area contributed by atoms with Crippen molar-refractivity contribution in [3.05, 3.63) is 77.5 Å². The monoisotopic (exact) mass is 249 g/mol. The summed E-state index contributed by atoms with van der Waals surface area (Å²) in [6.07, 6.45) is 1.72. The standard InChI is InChI=1S/C16H11NO2/c18-16-14(11-12-7-3-1-4-8-12)17-15(19-16)13-9-5-2-6-10-13/h1-11H/b14-11+. The van der Waals surface area contributed by atoms with Crippen molar-refractivity contribution in [2.24, 2.45) is 4.99 Å². The maximum absolute atomic E-state index is 11.8. The Kier molecular flexibility index (Phi) is 2.94. The summed E-state index contributed by atoms with van der Waals surface area (Å²) in [7, 11) is 0. The fraction of sp³-hybridized carbons (Fsp3) is 0. The van der Waals surface area contributed by atoms with Gasteiger partial charge in [0.1, 0.15) is 0 Å². The van der Waals surface area contributed by atoms with Crippen LogP contribution >= 0.6 is 0 Å². The number of hydrogen-bond donors (Lipinski definition) is 0. The summed E-state index contributed by atoms with van der Waals surface area (Å²) >= 11 is 0. The minimum absolute atomic E-state index is 0.324. The van der Waals surface area contributed by atoms with Gasteiger partial charge in [0.15, 0.2) is 5.70 Å². The first-order valence-corrected chi connectivity index (χ1v) is 5.96. The lowest BCUT2D eigenvalue weighted by molar-refractivity contribution is -0.129. The number of esters is 1. The SMILES string of the molecule is O=C1OC(c2ccccc2)=N/C1=C/c1ccccc1. The van der Waals surface area contributed by atoms with Crippen LogP contribution in [-0.2, 0) is 9.53 Å². The lowest BCUT2D eigenvalue weighted by Gasteiger charge is -1.97. The summed E-state index contributed by atoms with van der Waals surface area (Å²) in [6.45, 7) is 0. The van der Waals surface area contributed by atoms with Crippen LogP contribution in [0.4, 0.5) is 0 Å². The molecule has 2 aromatic carbocycles. The van der Waals surface area contributed by atoms with Crippen LogP contribution in [0.5, 0.6) is 0 Å². The Morgan fingerprint density at radius 2 is 1.53 bits per heavy atom. The number of nitrogens with zero attached hydrogens (tertiary/aromatic N) is 1. The van der Waals surface area contributed by atoms with Crippen LogP contribution in [0.1, 0.15) is 11.1 Å². The molecule has 0 aliphatic carbocycles. The van der Waals surface area contributed by atoms with Crippen LogP contribution < -0.4 is 0 Å². The first-order chi connectivity index (χ1) is 9.33. The number of hydrogen-bond acceptors (Lipinski definition) is 3. The topological polar surface area (TPSA) is 38.7 Å². The minimum Gasteiger partial charge on any atom is -0.402 e. The Bertz CT molecular complexity index is 658. The summed E-state index contributed by atoms with van der Waals surface area (Å²) < 4.78 is 5.17. The maximum atomic E-state index is 11.8. The highest BCUT2D eigenvalue weighted by molar-refractivity contribution is 6.12. The summed E-state index contributed by atoms with van der Waals surface area (Å²) in [5, 5.41) is 0. The van der Waals surface area contributed by atoms with Crippen LogP contribution in [0.3, 0.4) is 0 Å². The Balaban J connectivity index is 1.94. The lowest BCUT2D eigenvalue weighted by Crippen LogP contribution is -2.04. The van der Waals surface area contributed by atoms with Crippen LogP contribution in [0.15, 0.2) is 71.4 Å². The maximum Gasteiger partial charge on any atom is 0.363 e. The van der Waals surface area contributed by atoms with Gasteiger partial charge in [-0.3, -0.25) is 0 Å². The van der Waals surface area contributed by atoms with Crippen molar-refractivity contribution in [1.29, 1.82) is 0 Å². The predicted octanol–water partition coefficient (Wildman–Crippen LogP) is 3.03. The number of ether oxygens (including phenoxy) is 1. The number of rotatable bonds is 2. The molecule has 1 aliphatic heterocycles. The summed E-state index contributed by atoms with van der Waals surface area (Å²) in [6, 6.07) is 19.0. The summed E-state index contributed by atoms with van der Waals surface area (Å²) in [5.74, 6) is -0.0597. The predicted molar refractivity (Wildman–Crippen MR) is 73.5 cm³/mol. The molecule has 0 spiro atoms. The van der Waals surface area contributed by atoms with Crippen LogP contribution in [0.25, 0.3) is 6.08 Å². The fourth-order valence-corrected chi connectivity index (χ4v) is 1.82. The summed E-state index contributed by atoms with van der Waals surface area (Å²) in [4.78, 5) is 16.0. The zero-order valence-corrected chi connectivity index (χ0v) is 10.1. The lowest BCUT2D eigenvalue weighted by atomic mass is 10.2. The molecular weight excluding hydrogens is 238 g/mol. The van der Waals surface area contributed by atoms with E-state index >= 15 is 0 Å². The van der Waals surface area contributed by atoms with E-state index in [0.717, 1.165) is 11.1 Å². The van der Waals surface area contributed by atoms with E-state index in [1.807, 2.05) is 60.7 Å². The van der Waals surface area contributed by atoms with E-state index in [1.54, 1.807) is 6.08 Å². The van der Waals surface area contributed by atoms with E-state index in [-0.39, 0.29) is 0 Å². The first-order valence-electron chi connectivity index (χ1n) is 5.96. The average Bonchev–Trinajstić information content (AvgIpc) is 2.82. The average molecular weight is 249 g/mol. The van der Waals surface area contributed by atoms with Crippen LogP contribution in [-0.4, -0.2) is 11.9 Å². The molecule has 3 rings (SSSR count). The van der Waals surface area contributed by atoms with Gasteiger partial charge < -0.3 is 4.74 Å². The second-order valence-electron chi connectivity index (χ2n) is 4.11. The zero-order chi connectivity index (χ0) is 13.1. The van der Waals surface area contributed by atoms with Gasteiger partial charge in [0.05, 0.1) is 0 Å². The molecular formula is C16H11NO2. The quantitative estimate of drug-likeness (QED) is 0.606. The van der Waals surface area contributed by atoms with Crippen molar-refractivity contribution in [3.63, 3.8) is 0 Å². The van der Waals surface area contributed by atoms with Crippen molar-refractivity contribution >= 4 is 17.9 Å². The number of cyclic esters (lactones) is 1. The molecule has 0 fully saturated rings. The molecule has 0 aromatic heterocycles. The Labute approximate surface area is 110 Å². The smallest absolute Gasteiger partial charge is 0.363 e. The molecule has 2 aromatic rings. The van der Waals surface area contributed by atoms with Gasteiger partial charge in [-0.15, -0.1) is 0 Å². The van der Waals surface area contributed by atoms with Crippen molar-refractivity contribution in [1.82, 2.24) is 0 Å². The van der Waals surface area contributed by atoms with E-state index in [4.69, 9.17) is 4.74 Å². The van der Waals surface area contributed by atoms with E-state index < -0.39 is 5.97 Å². The molecule has 19 heavy (non-hydrogen) atoms. The molecule has 0 saturated heterocycles. The second kappa shape index (κ2) is 4.90. The molecule has 0 unspecified atom stereocenters. The third kappa shape index (κ3) is 2.45. The molecule has 0 amide bonds. The van der Waals surface area contributed by atoms with Crippen molar-refractivity contribution < 1.29 is 9.53 Å². The largest absolute Gasteiger partial charge is 0.402 e. The van der Waals surface area contributed by atoms with E-state index in [0.29, 0.717) is 11.6 Å². The molecule has 1 aliphatic rings. The van der Waals surface area contributed by atoms with Gasteiger partial charge in [-0.2, -0.15) is 0 Å².